The monoisotopic (exact) mass is 410 g/mol. The summed E-state index contributed by atoms with van der Waals surface area (Å²) >= 11 is 3.25. The van der Waals surface area contributed by atoms with E-state index >= 15 is 0 Å². The van der Waals surface area contributed by atoms with E-state index in [1.165, 1.54) is 9.44 Å². The van der Waals surface area contributed by atoms with Gasteiger partial charge < -0.3 is 0 Å². The number of fused-ring (bicyclic) bond motifs is 5. The summed E-state index contributed by atoms with van der Waals surface area (Å²) in [6.07, 6.45) is 3.93. The number of thioether (sulfide) groups is 1. The number of carbonyl (C=O) groups is 1. The molecule has 0 amide bonds. The fourth-order valence-electron chi connectivity index (χ4n) is 3.74. The van der Waals surface area contributed by atoms with E-state index < -0.39 is 0 Å². The van der Waals surface area contributed by atoms with Gasteiger partial charge in [0, 0.05) is 16.2 Å². The first-order valence-electron chi connectivity index (χ1n) is 9.37. The van der Waals surface area contributed by atoms with E-state index in [4.69, 9.17) is 0 Å². The van der Waals surface area contributed by atoms with Crippen LogP contribution in [-0.2, 0) is 12.8 Å². The molecule has 0 atom stereocenters. The highest BCUT2D eigenvalue weighted by Gasteiger charge is 2.28. The van der Waals surface area contributed by atoms with Crippen LogP contribution in [0.5, 0.6) is 0 Å². The van der Waals surface area contributed by atoms with Crippen molar-refractivity contribution >= 4 is 45.0 Å². The molecule has 0 saturated carbocycles. The van der Waals surface area contributed by atoms with Gasteiger partial charge in [0.15, 0.2) is 5.16 Å². The van der Waals surface area contributed by atoms with E-state index in [1.54, 1.807) is 47.4 Å². The highest BCUT2D eigenvalue weighted by molar-refractivity contribution is 7.99. The molecule has 0 saturated heterocycles. The number of benzene rings is 1. The van der Waals surface area contributed by atoms with Gasteiger partial charge in [-0.15, -0.1) is 21.5 Å². The molecule has 4 aromatic rings. The second-order valence-corrected chi connectivity index (χ2v) is 8.96. The molecule has 6 nitrogen and oxygen atoms in total. The predicted octanol–water partition coefficient (Wildman–Crippen LogP) is 3.79. The summed E-state index contributed by atoms with van der Waals surface area (Å²) in [5.74, 6) is 0.832. The Labute approximate surface area is 169 Å². The summed E-state index contributed by atoms with van der Waals surface area (Å²) in [6, 6.07) is 8.87. The normalized spacial score (nSPS) is 13.5. The zero-order chi connectivity index (χ0) is 19.3. The molecule has 28 heavy (non-hydrogen) atoms. The standard InChI is InChI=1S/C20H18N4O2S2/c1-2-11-27-20-22-21-19-23(16(25)12-7-4-3-5-8-12)17(26)15-13-9-6-10-14(13)28-18(15)24(19)20/h3-5,7-8H,2,6,9-11H2,1H3. The lowest BCUT2D eigenvalue weighted by Crippen LogP contribution is -2.29. The number of aryl methyl sites for hydroxylation is 2. The van der Waals surface area contributed by atoms with Gasteiger partial charge in [0.25, 0.3) is 11.5 Å². The summed E-state index contributed by atoms with van der Waals surface area (Å²) in [4.78, 5) is 28.8. The van der Waals surface area contributed by atoms with Crippen LogP contribution in [0, 0.1) is 0 Å². The summed E-state index contributed by atoms with van der Waals surface area (Å²) < 4.78 is 3.10. The van der Waals surface area contributed by atoms with Crippen molar-refractivity contribution in [2.75, 3.05) is 5.75 Å². The fraction of sp³-hybridized carbons (Fsp3) is 0.300. The number of rotatable bonds is 4. The zero-order valence-corrected chi connectivity index (χ0v) is 17.0. The van der Waals surface area contributed by atoms with E-state index in [-0.39, 0.29) is 11.5 Å². The molecule has 0 bridgehead atoms. The molecule has 3 heterocycles. The van der Waals surface area contributed by atoms with Crippen molar-refractivity contribution < 1.29 is 4.79 Å². The van der Waals surface area contributed by atoms with Gasteiger partial charge in [-0.3, -0.25) is 9.59 Å². The maximum absolute atomic E-state index is 13.5. The van der Waals surface area contributed by atoms with Crippen LogP contribution in [0.1, 0.15) is 40.6 Å². The third kappa shape index (κ3) is 2.55. The zero-order valence-electron chi connectivity index (χ0n) is 15.3. The Morgan fingerprint density at radius 1 is 1.21 bits per heavy atom. The van der Waals surface area contributed by atoms with Crippen molar-refractivity contribution in [1.29, 1.82) is 0 Å². The number of nitrogens with zero attached hydrogens (tertiary/aromatic N) is 4. The molecular weight excluding hydrogens is 392 g/mol. The molecule has 1 aliphatic carbocycles. The first-order valence-corrected chi connectivity index (χ1v) is 11.2. The Morgan fingerprint density at radius 3 is 2.82 bits per heavy atom. The molecule has 1 aromatic carbocycles. The van der Waals surface area contributed by atoms with Crippen LogP contribution < -0.4 is 5.56 Å². The SMILES string of the molecule is CCCSc1nnc2n(C(=O)c3ccccc3)c(=O)c3c4c(sc3n12)CCC4. The fourth-order valence-corrected chi connectivity index (χ4v) is 5.96. The van der Waals surface area contributed by atoms with E-state index in [0.717, 1.165) is 47.0 Å². The summed E-state index contributed by atoms with van der Waals surface area (Å²) in [6.45, 7) is 2.11. The lowest BCUT2D eigenvalue weighted by molar-refractivity contribution is 0.0960. The lowest BCUT2D eigenvalue weighted by atomic mass is 10.2. The smallest absolute Gasteiger partial charge is 0.268 e. The molecular formula is C20H18N4O2S2. The van der Waals surface area contributed by atoms with Crippen LogP contribution in [0.3, 0.4) is 0 Å². The number of hydrogen-bond acceptors (Lipinski definition) is 6. The second kappa shape index (κ2) is 6.86. The van der Waals surface area contributed by atoms with Gasteiger partial charge in [-0.25, -0.2) is 8.97 Å². The minimum absolute atomic E-state index is 0.282. The molecule has 8 heteroatoms. The van der Waals surface area contributed by atoms with Gasteiger partial charge in [-0.2, -0.15) is 0 Å². The van der Waals surface area contributed by atoms with E-state index in [1.807, 2.05) is 10.5 Å². The second-order valence-electron chi connectivity index (χ2n) is 6.82. The first-order chi connectivity index (χ1) is 13.7. The highest BCUT2D eigenvalue weighted by atomic mass is 32.2. The number of aromatic nitrogens is 4. The maximum Gasteiger partial charge on any atom is 0.271 e. The van der Waals surface area contributed by atoms with Gasteiger partial charge in [0.1, 0.15) is 4.83 Å². The molecule has 0 fully saturated rings. The molecule has 5 rings (SSSR count). The molecule has 3 aromatic heterocycles. The average Bonchev–Trinajstić information content (AvgIpc) is 3.41. The predicted molar refractivity (Wildman–Crippen MR) is 112 cm³/mol. The van der Waals surface area contributed by atoms with Gasteiger partial charge in [0.2, 0.25) is 5.78 Å². The third-order valence-corrected chi connectivity index (χ3v) is 7.41. The summed E-state index contributed by atoms with van der Waals surface area (Å²) in [5.41, 5.74) is 1.28. The van der Waals surface area contributed by atoms with Crippen molar-refractivity contribution in [3.8, 4) is 0 Å². The van der Waals surface area contributed by atoms with Crippen molar-refractivity contribution in [3.05, 3.63) is 56.7 Å². The molecule has 0 N–H and O–H groups in total. The van der Waals surface area contributed by atoms with E-state index in [2.05, 4.69) is 17.1 Å². The van der Waals surface area contributed by atoms with Crippen LogP contribution in [0.15, 0.2) is 40.3 Å². The van der Waals surface area contributed by atoms with Crippen LogP contribution in [0.25, 0.3) is 16.0 Å². The Bertz CT molecular complexity index is 1270. The molecule has 0 radical (unpaired) electrons. The van der Waals surface area contributed by atoms with Crippen LogP contribution in [0.2, 0.25) is 0 Å². The average molecular weight is 411 g/mol. The van der Waals surface area contributed by atoms with Crippen LogP contribution in [-0.4, -0.2) is 30.8 Å². The van der Waals surface area contributed by atoms with Crippen molar-refractivity contribution in [1.82, 2.24) is 19.2 Å². The Hall–Kier alpha value is -2.45. The van der Waals surface area contributed by atoms with E-state index in [9.17, 15) is 9.59 Å². The topological polar surface area (TPSA) is 69.3 Å². The summed E-state index contributed by atoms with van der Waals surface area (Å²) in [5, 5.41) is 9.96. The quantitative estimate of drug-likeness (QED) is 0.479. The Kier molecular flexibility index (Phi) is 4.32. The van der Waals surface area contributed by atoms with Crippen molar-refractivity contribution in [3.63, 3.8) is 0 Å². The Balaban J connectivity index is 1.86. The first kappa shape index (κ1) is 17.6. The van der Waals surface area contributed by atoms with Gasteiger partial charge in [-0.1, -0.05) is 36.9 Å². The minimum atomic E-state index is -0.366. The molecule has 0 unspecified atom stereocenters. The molecule has 0 aliphatic heterocycles. The Morgan fingerprint density at radius 2 is 2.04 bits per heavy atom. The van der Waals surface area contributed by atoms with Gasteiger partial charge in [-0.05, 0) is 43.4 Å². The third-order valence-electron chi connectivity index (χ3n) is 5.00. The number of hydrogen-bond donors (Lipinski definition) is 0. The van der Waals surface area contributed by atoms with Gasteiger partial charge >= 0.3 is 0 Å². The van der Waals surface area contributed by atoms with Crippen LogP contribution >= 0.6 is 23.1 Å². The van der Waals surface area contributed by atoms with Crippen molar-refractivity contribution in [2.45, 2.75) is 37.8 Å². The van der Waals surface area contributed by atoms with Gasteiger partial charge in [0.05, 0.1) is 5.39 Å². The molecule has 142 valence electrons. The molecule has 0 spiro atoms. The minimum Gasteiger partial charge on any atom is -0.268 e. The lowest BCUT2D eigenvalue weighted by Gasteiger charge is -2.09. The number of carbonyl (C=O) groups excluding carboxylic acids is 1. The van der Waals surface area contributed by atoms with Crippen molar-refractivity contribution in [2.24, 2.45) is 0 Å². The van der Waals surface area contributed by atoms with E-state index in [0.29, 0.717) is 16.7 Å². The molecule has 1 aliphatic rings. The highest BCUT2D eigenvalue weighted by Crippen LogP contribution is 2.37. The maximum atomic E-state index is 13.5. The largest absolute Gasteiger partial charge is 0.271 e. The number of thiophene rings is 1. The van der Waals surface area contributed by atoms with Crippen LogP contribution in [0.4, 0.5) is 0 Å². The summed E-state index contributed by atoms with van der Waals surface area (Å²) in [7, 11) is 0.